The molecule has 2 aromatic carbocycles. The van der Waals surface area contributed by atoms with Crippen LogP contribution >= 0.6 is 0 Å². The third-order valence-electron chi connectivity index (χ3n) is 3.53. The van der Waals surface area contributed by atoms with E-state index in [1.54, 1.807) is 18.2 Å². The summed E-state index contributed by atoms with van der Waals surface area (Å²) in [6.45, 7) is 1.94. The molecule has 6 nitrogen and oxygen atoms in total. The van der Waals surface area contributed by atoms with Crippen molar-refractivity contribution in [2.24, 2.45) is 0 Å². The average molecular weight is 343 g/mol. The van der Waals surface area contributed by atoms with Gasteiger partial charge in [0.1, 0.15) is 24.7 Å². The minimum absolute atomic E-state index is 0.169. The summed E-state index contributed by atoms with van der Waals surface area (Å²) in [6.07, 6.45) is 0. The molecule has 2 aromatic rings. The maximum absolute atomic E-state index is 12.2. The summed E-state index contributed by atoms with van der Waals surface area (Å²) in [6, 6.07) is 12.5. The van der Waals surface area contributed by atoms with Crippen LogP contribution in [-0.2, 0) is 16.1 Å². The maximum atomic E-state index is 12.2. The zero-order valence-electron chi connectivity index (χ0n) is 14.5. The van der Waals surface area contributed by atoms with E-state index in [2.05, 4.69) is 5.32 Å². The third-order valence-corrected chi connectivity index (χ3v) is 3.53. The zero-order valence-corrected chi connectivity index (χ0v) is 14.5. The molecular weight excluding hydrogens is 322 g/mol. The van der Waals surface area contributed by atoms with Gasteiger partial charge in [0.15, 0.2) is 0 Å². The number of ether oxygens (including phenoxy) is 3. The number of nitrogens with one attached hydrogen (secondary N) is 1. The topological polar surface area (TPSA) is 73.9 Å². The van der Waals surface area contributed by atoms with Gasteiger partial charge < -0.3 is 19.5 Å². The second kappa shape index (κ2) is 8.73. The molecule has 132 valence electrons. The molecule has 25 heavy (non-hydrogen) atoms. The Bertz CT molecular complexity index is 718. The van der Waals surface area contributed by atoms with Gasteiger partial charge in [-0.2, -0.15) is 0 Å². The smallest absolute Gasteiger partial charge is 0.325 e. The van der Waals surface area contributed by atoms with Crippen LogP contribution in [0.5, 0.6) is 11.5 Å². The van der Waals surface area contributed by atoms with Crippen molar-refractivity contribution < 1.29 is 23.8 Å². The SMILES string of the molecule is COc1cc(OC)cc(C(=O)NCC(=O)OCc2ccc(C)cc2)c1. The monoisotopic (exact) mass is 343 g/mol. The zero-order chi connectivity index (χ0) is 18.2. The van der Waals surface area contributed by atoms with Crippen LogP contribution in [-0.4, -0.2) is 32.6 Å². The number of hydrogen-bond donors (Lipinski definition) is 1. The molecule has 0 aromatic heterocycles. The molecule has 1 N–H and O–H groups in total. The standard InChI is InChI=1S/C19H21NO5/c1-13-4-6-14(7-5-13)12-25-18(21)11-20-19(22)15-8-16(23-2)10-17(9-15)24-3/h4-10H,11-12H2,1-3H3,(H,20,22). The van der Waals surface area contributed by atoms with E-state index < -0.39 is 11.9 Å². The lowest BCUT2D eigenvalue weighted by Gasteiger charge is -2.09. The highest BCUT2D eigenvalue weighted by Crippen LogP contribution is 2.22. The summed E-state index contributed by atoms with van der Waals surface area (Å²) >= 11 is 0. The van der Waals surface area contributed by atoms with Gasteiger partial charge in [-0.05, 0) is 24.6 Å². The fourth-order valence-corrected chi connectivity index (χ4v) is 2.09. The molecule has 2 rings (SSSR count). The second-order valence-electron chi connectivity index (χ2n) is 5.43. The highest BCUT2D eigenvalue weighted by Gasteiger charge is 2.12. The van der Waals surface area contributed by atoms with E-state index in [4.69, 9.17) is 14.2 Å². The van der Waals surface area contributed by atoms with Crippen molar-refractivity contribution in [2.45, 2.75) is 13.5 Å². The highest BCUT2D eigenvalue weighted by atomic mass is 16.5. The predicted octanol–water partition coefficient (Wildman–Crippen LogP) is 2.49. The van der Waals surface area contributed by atoms with E-state index >= 15 is 0 Å². The van der Waals surface area contributed by atoms with Crippen molar-refractivity contribution in [1.82, 2.24) is 5.32 Å². The Morgan fingerprint density at radius 1 is 0.960 bits per heavy atom. The molecule has 1 amide bonds. The first-order valence-electron chi connectivity index (χ1n) is 7.74. The van der Waals surface area contributed by atoms with Crippen molar-refractivity contribution in [2.75, 3.05) is 20.8 Å². The fraction of sp³-hybridized carbons (Fsp3) is 0.263. The lowest BCUT2D eigenvalue weighted by Crippen LogP contribution is -2.30. The van der Waals surface area contributed by atoms with Gasteiger partial charge in [0.25, 0.3) is 5.91 Å². The van der Waals surface area contributed by atoms with Gasteiger partial charge in [0.05, 0.1) is 14.2 Å². The minimum Gasteiger partial charge on any atom is -0.497 e. The Kier molecular flexibility index (Phi) is 6.39. The highest BCUT2D eigenvalue weighted by molar-refractivity contribution is 5.96. The van der Waals surface area contributed by atoms with Crippen LogP contribution in [0.1, 0.15) is 21.5 Å². The molecular formula is C19H21NO5. The van der Waals surface area contributed by atoms with Crippen molar-refractivity contribution in [3.63, 3.8) is 0 Å². The summed E-state index contributed by atoms with van der Waals surface area (Å²) in [5.41, 5.74) is 2.36. The van der Waals surface area contributed by atoms with Gasteiger partial charge in [-0.1, -0.05) is 29.8 Å². The Morgan fingerprint density at radius 3 is 2.12 bits per heavy atom. The number of carbonyl (C=O) groups is 2. The summed E-state index contributed by atoms with van der Waals surface area (Å²) in [4.78, 5) is 23.9. The van der Waals surface area contributed by atoms with Crippen LogP contribution < -0.4 is 14.8 Å². The van der Waals surface area contributed by atoms with Crippen molar-refractivity contribution in [3.8, 4) is 11.5 Å². The van der Waals surface area contributed by atoms with Crippen LogP contribution in [0.3, 0.4) is 0 Å². The third kappa shape index (κ3) is 5.53. The van der Waals surface area contributed by atoms with E-state index in [0.29, 0.717) is 17.1 Å². The van der Waals surface area contributed by atoms with Gasteiger partial charge in [-0.15, -0.1) is 0 Å². The molecule has 0 aliphatic rings. The molecule has 0 radical (unpaired) electrons. The molecule has 0 unspecified atom stereocenters. The quantitative estimate of drug-likeness (QED) is 0.782. The fourth-order valence-electron chi connectivity index (χ4n) is 2.09. The van der Waals surface area contributed by atoms with Crippen LogP contribution in [0.4, 0.5) is 0 Å². The van der Waals surface area contributed by atoms with Gasteiger partial charge in [0, 0.05) is 11.6 Å². The van der Waals surface area contributed by atoms with Crippen LogP contribution in [0.15, 0.2) is 42.5 Å². The molecule has 6 heteroatoms. The summed E-state index contributed by atoms with van der Waals surface area (Å²) in [5, 5.41) is 2.52. The van der Waals surface area contributed by atoms with E-state index in [9.17, 15) is 9.59 Å². The molecule has 0 aliphatic heterocycles. The van der Waals surface area contributed by atoms with Crippen molar-refractivity contribution in [3.05, 3.63) is 59.2 Å². The number of benzene rings is 2. The number of esters is 1. The number of aryl methyl sites for hydroxylation is 1. The average Bonchev–Trinajstić information content (AvgIpc) is 2.65. The number of carbonyl (C=O) groups excluding carboxylic acids is 2. The van der Waals surface area contributed by atoms with Crippen molar-refractivity contribution in [1.29, 1.82) is 0 Å². The Balaban J connectivity index is 1.86. The first kappa shape index (κ1) is 18.3. The molecule has 0 heterocycles. The van der Waals surface area contributed by atoms with E-state index in [1.807, 2.05) is 31.2 Å². The number of amides is 1. The number of hydrogen-bond acceptors (Lipinski definition) is 5. The molecule has 0 bridgehead atoms. The van der Waals surface area contributed by atoms with E-state index in [0.717, 1.165) is 11.1 Å². The first-order chi connectivity index (χ1) is 12.0. The largest absolute Gasteiger partial charge is 0.497 e. The van der Waals surface area contributed by atoms with Crippen LogP contribution in [0.25, 0.3) is 0 Å². The second-order valence-corrected chi connectivity index (χ2v) is 5.43. The number of rotatable bonds is 7. The summed E-state index contributed by atoms with van der Waals surface area (Å²) < 4.78 is 15.4. The molecule has 0 aliphatic carbocycles. The van der Waals surface area contributed by atoms with E-state index in [1.165, 1.54) is 14.2 Å². The van der Waals surface area contributed by atoms with Gasteiger partial charge >= 0.3 is 5.97 Å². The first-order valence-corrected chi connectivity index (χ1v) is 7.74. The molecule has 0 fully saturated rings. The lowest BCUT2D eigenvalue weighted by molar-refractivity contribution is -0.143. The van der Waals surface area contributed by atoms with Gasteiger partial charge in [0.2, 0.25) is 0 Å². The lowest BCUT2D eigenvalue weighted by atomic mass is 10.2. The number of methoxy groups -OCH3 is 2. The van der Waals surface area contributed by atoms with Crippen molar-refractivity contribution >= 4 is 11.9 Å². The van der Waals surface area contributed by atoms with Gasteiger partial charge in [-0.25, -0.2) is 0 Å². The summed E-state index contributed by atoms with van der Waals surface area (Å²) in [5.74, 6) is 0.0613. The van der Waals surface area contributed by atoms with Crippen LogP contribution in [0, 0.1) is 6.92 Å². The van der Waals surface area contributed by atoms with Crippen LogP contribution in [0.2, 0.25) is 0 Å². The molecule has 0 spiro atoms. The van der Waals surface area contributed by atoms with E-state index in [-0.39, 0.29) is 13.2 Å². The Hall–Kier alpha value is -3.02. The minimum atomic E-state index is -0.510. The normalized spacial score (nSPS) is 10.0. The molecule has 0 saturated heterocycles. The summed E-state index contributed by atoms with van der Waals surface area (Å²) in [7, 11) is 3.00. The Labute approximate surface area is 146 Å². The maximum Gasteiger partial charge on any atom is 0.325 e. The van der Waals surface area contributed by atoms with Gasteiger partial charge in [-0.3, -0.25) is 9.59 Å². The predicted molar refractivity (Wildman–Crippen MR) is 92.9 cm³/mol. The Morgan fingerprint density at radius 2 is 1.56 bits per heavy atom. The molecule has 0 atom stereocenters. The molecule has 0 saturated carbocycles.